The van der Waals surface area contributed by atoms with Gasteiger partial charge in [0.2, 0.25) is 0 Å². The molecule has 2 aliphatic rings. The van der Waals surface area contributed by atoms with Crippen molar-refractivity contribution in [3.63, 3.8) is 0 Å². The summed E-state index contributed by atoms with van der Waals surface area (Å²) in [7, 11) is 0. The van der Waals surface area contributed by atoms with Gasteiger partial charge in [-0.1, -0.05) is 13.8 Å². The minimum Gasteiger partial charge on any atom is -0.511 e. The Morgan fingerprint density at radius 3 is 2.45 bits per heavy atom. The summed E-state index contributed by atoms with van der Waals surface area (Å²) in [5, 5.41) is 9.90. The van der Waals surface area contributed by atoms with Crippen LogP contribution in [-0.4, -0.2) is 40.3 Å². The highest BCUT2D eigenvalue weighted by Crippen LogP contribution is 2.46. The van der Waals surface area contributed by atoms with E-state index in [2.05, 4.69) is 0 Å². The van der Waals surface area contributed by atoms with E-state index in [1.807, 2.05) is 13.8 Å². The summed E-state index contributed by atoms with van der Waals surface area (Å²) in [6.07, 6.45) is 1.08. The molecule has 1 saturated carbocycles. The largest absolute Gasteiger partial charge is 0.511 e. The van der Waals surface area contributed by atoms with Gasteiger partial charge in [-0.25, -0.2) is 0 Å². The smallest absolute Gasteiger partial charge is 0.313 e. The molecule has 2 rings (SSSR count). The summed E-state index contributed by atoms with van der Waals surface area (Å²) in [6.45, 7) is 3.89. The van der Waals surface area contributed by atoms with Gasteiger partial charge in [-0.05, 0) is 12.2 Å². The lowest BCUT2D eigenvalue weighted by Crippen LogP contribution is -2.39. The molecule has 1 heterocycles. The van der Waals surface area contributed by atoms with Gasteiger partial charge >= 0.3 is 5.97 Å². The SMILES string of the molecule is CCCC(O)=C1C(=O)CC2(CC1=O)CC(CSCC)OC2=O. The number of carbonyl (C=O) groups is 3. The average Bonchev–Trinajstić information content (AvgIpc) is 2.72. The zero-order chi connectivity index (χ0) is 16.3. The van der Waals surface area contributed by atoms with Crippen LogP contribution in [0.4, 0.5) is 0 Å². The maximum atomic E-state index is 12.3. The first-order valence-electron chi connectivity index (χ1n) is 7.71. The van der Waals surface area contributed by atoms with E-state index < -0.39 is 23.0 Å². The molecule has 122 valence electrons. The molecule has 1 saturated heterocycles. The Morgan fingerprint density at radius 2 is 1.91 bits per heavy atom. The van der Waals surface area contributed by atoms with E-state index in [1.165, 1.54) is 0 Å². The maximum Gasteiger partial charge on any atom is 0.313 e. The fraction of sp³-hybridized carbons (Fsp3) is 0.688. The number of aliphatic hydroxyl groups excluding tert-OH is 1. The molecule has 6 heteroatoms. The molecule has 1 aliphatic carbocycles. The summed E-state index contributed by atoms with van der Waals surface area (Å²) in [5.41, 5.74) is -1.12. The lowest BCUT2D eigenvalue weighted by Gasteiger charge is -2.28. The zero-order valence-electron chi connectivity index (χ0n) is 13.0. The van der Waals surface area contributed by atoms with Crippen molar-refractivity contribution in [1.82, 2.24) is 0 Å². The molecular weight excluding hydrogens is 304 g/mol. The van der Waals surface area contributed by atoms with E-state index in [1.54, 1.807) is 11.8 Å². The van der Waals surface area contributed by atoms with Crippen LogP contribution in [0.3, 0.4) is 0 Å². The zero-order valence-corrected chi connectivity index (χ0v) is 13.8. The molecule has 0 amide bonds. The number of thioether (sulfide) groups is 1. The highest BCUT2D eigenvalue weighted by molar-refractivity contribution is 7.99. The van der Waals surface area contributed by atoms with Crippen molar-refractivity contribution < 1.29 is 24.2 Å². The first-order chi connectivity index (χ1) is 10.4. The Balaban J connectivity index is 2.17. The van der Waals surface area contributed by atoms with Crippen molar-refractivity contribution in [2.75, 3.05) is 11.5 Å². The molecule has 0 aromatic heterocycles. The fourth-order valence-electron chi connectivity index (χ4n) is 3.16. The lowest BCUT2D eigenvalue weighted by atomic mass is 9.69. The molecule has 1 N–H and O–H groups in total. The molecule has 0 aromatic rings. The Hall–Kier alpha value is -1.30. The fourth-order valence-corrected chi connectivity index (χ4v) is 3.85. The highest BCUT2D eigenvalue weighted by atomic mass is 32.2. The van der Waals surface area contributed by atoms with E-state index in [4.69, 9.17) is 4.74 Å². The van der Waals surface area contributed by atoms with Gasteiger partial charge < -0.3 is 9.84 Å². The number of hydrogen-bond donors (Lipinski definition) is 1. The molecule has 1 aliphatic heterocycles. The number of cyclic esters (lactones) is 1. The number of carbonyl (C=O) groups excluding carboxylic acids is 3. The van der Waals surface area contributed by atoms with Crippen LogP contribution in [0.5, 0.6) is 0 Å². The number of Topliss-reactive ketones (excluding diaryl/α,β-unsaturated/α-hetero) is 2. The summed E-state index contributed by atoms with van der Waals surface area (Å²) in [6, 6.07) is 0. The number of aliphatic hydroxyl groups is 1. The summed E-state index contributed by atoms with van der Waals surface area (Å²) >= 11 is 1.67. The molecule has 0 bridgehead atoms. The molecule has 1 unspecified atom stereocenters. The Morgan fingerprint density at radius 1 is 1.27 bits per heavy atom. The number of ketones is 2. The van der Waals surface area contributed by atoms with Crippen molar-refractivity contribution in [3.05, 3.63) is 11.3 Å². The second-order valence-electron chi connectivity index (χ2n) is 5.94. The minimum absolute atomic E-state index is 0.0338. The van der Waals surface area contributed by atoms with E-state index >= 15 is 0 Å². The summed E-state index contributed by atoms with van der Waals surface area (Å²) < 4.78 is 5.35. The van der Waals surface area contributed by atoms with Crippen LogP contribution in [-0.2, 0) is 19.1 Å². The molecule has 5 nitrogen and oxygen atoms in total. The Bertz CT molecular complexity index is 503. The van der Waals surface area contributed by atoms with Gasteiger partial charge in [-0.15, -0.1) is 0 Å². The third-order valence-electron chi connectivity index (χ3n) is 4.16. The van der Waals surface area contributed by atoms with Crippen LogP contribution in [0, 0.1) is 5.41 Å². The standard InChI is InChI=1S/C16H22O5S/c1-3-5-11(17)14-12(18)7-16(8-13(14)19)6-10(9-22-4-2)21-15(16)20/h10,17H,3-9H2,1-2H3. The van der Waals surface area contributed by atoms with Gasteiger partial charge in [0.15, 0.2) is 11.6 Å². The molecule has 0 radical (unpaired) electrons. The summed E-state index contributed by atoms with van der Waals surface area (Å²) in [4.78, 5) is 36.8. The van der Waals surface area contributed by atoms with Crippen LogP contribution in [0.2, 0.25) is 0 Å². The first-order valence-corrected chi connectivity index (χ1v) is 8.86. The third-order valence-corrected chi connectivity index (χ3v) is 5.18. The lowest BCUT2D eigenvalue weighted by molar-refractivity contribution is -0.152. The quantitative estimate of drug-likeness (QED) is 0.362. The van der Waals surface area contributed by atoms with E-state index in [-0.39, 0.29) is 30.3 Å². The van der Waals surface area contributed by atoms with Crippen molar-refractivity contribution in [3.8, 4) is 0 Å². The van der Waals surface area contributed by atoms with Crippen LogP contribution in [0.25, 0.3) is 0 Å². The normalized spacial score (nSPS) is 28.4. The van der Waals surface area contributed by atoms with Crippen LogP contribution < -0.4 is 0 Å². The van der Waals surface area contributed by atoms with Crippen molar-refractivity contribution >= 4 is 29.3 Å². The van der Waals surface area contributed by atoms with Crippen LogP contribution in [0.15, 0.2) is 11.3 Å². The monoisotopic (exact) mass is 326 g/mol. The number of ether oxygens (including phenoxy) is 1. The number of allylic oxidation sites excluding steroid dienone is 2. The van der Waals surface area contributed by atoms with Crippen molar-refractivity contribution in [2.24, 2.45) is 5.41 Å². The first kappa shape index (κ1) is 17.1. The predicted molar refractivity (Wildman–Crippen MR) is 83.7 cm³/mol. The van der Waals surface area contributed by atoms with Crippen molar-refractivity contribution in [1.29, 1.82) is 0 Å². The van der Waals surface area contributed by atoms with Crippen LogP contribution in [0.1, 0.15) is 46.0 Å². The molecular formula is C16H22O5S. The topological polar surface area (TPSA) is 80.7 Å². The minimum atomic E-state index is -1.01. The molecule has 0 aromatic carbocycles. The molecule has 2 fully saturated rings. The predicted octanol–water partition coefficient (Wildman–Crippen LogP) is 2.59. The molecule has 1 spiro atoms. The average molecular weight is 326 g/mol. The van der Waals surface area contributed by atoms with Crippen LogP contribution >= 0.6 is 11.8 Å². The van der Waals surface area contributed by atoms with Gasteiger partial charge in [0.25, 0.3) is 0 Å². The van der Waals surface area contributed by atoms with Gasteiger partial charge in [0, 0.05) is 31.4 Å². The maximum absolute atomic E-state index is 12.3. The Labute approximate surface area is 134 Å². The second kappa shape index (κ2) is 6.86. The van der Waals surface area contributed by atoms with Gasteiger partial charge in [0.05, 0.1) is 11.0 Å². The molecule has 1 atom stereocenters. The highest BCUT2D eigenvalue weighted by Gasteiger charge is 2.55. The van der Waals surface area contributed by atoms with Crippen molar-refractivity contribution in [2.45, 2.75) is 52.1 Å². The molecule has 22 heavy (non-hydrogen) atoms. The van der Waals surface area contributed by atoms with E-state index in [0.29, 0.717) is 25.0 Å². The van der Waals surface area contributed by atoms with E-state index in [0.717, 1.165) is 5.75 Å². The van der Waals surface area contributed by atoms with Gasteiger partial charge in [-0.2, -0.15) is 11.8 Å². The van der Waals surface area contributed by atoms with Gasteiger partial charge in [0.1, 0.15) is 11.9 Å². The third kappa shape index (κ3) is 3.21. The number of rotatable bonds is 5. The number of hydrogen-bond acceptors (Lipinski definition) is 6. The van der Waals surface area contributed by atoms with E-state index in [9.17, 15) is 19.5 Å². The van der Waals surface area contributed by atoms with Gasteiger partial charge in [-0.3, -0.25) is 14.4 Å². The summed E-state index contributed by atoms with van der Waals surface area (Å²) in [5.74, 6) is 0.181. The number of esters is 1. The Kier molecular flexibility index (Phi) is 5.32. The second-order valence-corrected chi connectivity index (χ2v) is 7.26.